The smallest absolute Gasteiger partial charge is 0.127 e. The normalized spacial score (nSPS) is 11.9. The number of hydrogen-bond donors (Lipinski definition) is 1. The first-order valence-corrected chi connectivity index (χ1v) is 8.94. The predicted octanol–water partition coefficient (Wildman–Crippen LogP) is 6.23. The number of fused-ring (bicyclic) bond motifs is 1. The summed E-state index contributed by atoms with van der Waals surface area (Å²) < 4.78 is 6.02. The average Bonchev–Trinajstić information content (AvgIpc) is 2.67. The number of benzene rings is 3. The molecule has 0 fully saturated rings. The first kappa shape index (κ1) is 17.8. The third-order valence-corrected chi connectivity index (χ3v) is 4.46. The first-order chi connectivity index (χ1) is 12.7. The molecule has 2 nitrogen and oxygen atoms in total. The average molecular weight is 344 g/mol. The second-order valence-electron chi connectivity index (χ2n) is 6.29. The monoisotopic (exact) mass is 344 g/mol. The molecule has 0 saturated carbocycles. The molecule has 3 aromatic carbocycles. The third kappa shape index (κ3) is 3.36. The molecule has 0 radical (unpaired) electrons. The van der Waals surface area contributed by atoms with Gasteiger partial charge in [-0.1, -0.05) is 68.1 Å². The van der Waals surface area contributed by atoms with E-state index >= 15 is 0 Å². The maximum atomic E-state index is 10.8. The van der Waals surface area contributed by atoms with Crippen molar-refractivity contribution in [3.63, 3.8) is 0 Å². The summed E-state index contributed by atoms with van der Waals surface area (Å²) >= 11 is 0. The summed E-state index contributed by atoms with van der Waals surface area (Å²) in [4.78, 5) is 0. The van der Waals surface area contributed by atoms with Crippen molar-refractivity contribution in [1.29, 1.82) is 0 Å². The molecule has 132 valence electrons. The van der Waals surface area contributed by atoms with E-state index in [4.69, 9.17) is 4.74 Å². The number of phenolic OH excluding ortho intramolecular Hbond substituents is 1. The minimum Gasteiger partial charge on any atom is -0.507 e. The van der Waals surface area contributed by atoms with Crippen molar-refractivity contribution in [1.82, 2.24) is 0 Å². The zero-order valence-electron chi connectivity index (χ0n) is 15.3. The van der Waals surface area contributed by atoms with Crippen LogP contribution in [0.2, 0.25) is 0 Å². The van der Waals surface area contributed by atoms with Gasteiger partial charge >= 0.3 is 0 Å². The molecule has 0 heterocycles. The lowest BCUT2D eigenvalue weighted by Gasteiger charge is -2.19. The van der Waals surface area contributed by atoms with Gasteiger partial charge in [-0.2, -0.15) is 0 Å². The molecule has 3 aromatic rings. The Kier molecular flexibility index (Phi) is 5.43. The highest BCUT2D eigenvalue weighted by atomic mass is 16.5. The molecule has 0 atom stereocenters. The number of ether oxygens (including phenoxy) is 1. The maximum Gasteiger partial charge on any atom is 0.127 e. The molecule has 0 aliphatic heterocycles. The van der Waals surface area contributed by atoms with E-state index < -0.39 is 0 Å². The number of allylic oxidation sites excluding steroid dienone is 1. The van der Waals surface area contributed by atoms with Crippen LogP contribution in [0.4, 0.5) is 0 Å². The van der Waals surface area contributed by atoms with Gasteiger partial charge < -0.3 is 9.84 Å². The van der Waals surface area contributed by atoms with Gasteiger partial charge in [-0.05, 0) is 47.4 Å². The Hall–Kier alpha value is -3.00. The largest absolute Gasteiger partial charge is 0.507 e. The van der Waals surface area contributed by atoms with E-state index in [1.807, 2.05) is 42.5 Å². The minimum absolute atomic E-state index is 0.237. The third-order valence-electron chi connectivity index (χ3n) is 4.46. The number of phenols is 1. The summed E-state index contributed by atoms with van der Waals surface area (Å²) in [5.74, 6) is 0.925. The SMILES string of the molecule is C=C/C(OCCC)=C(\c1ccccc1C)c1c(O)ccc2ccccc12. The summed E-state index contributed by atoms with van der Waals surface area (Å²) in [6.07, 6.45) is 2.64. The van der Waals surface area contributed by atoms with Crippen LogP contribution >= 0.6 is 0 Å². The van der Waals surface area contributed by atoms with Crippen LogP contribution in [-0.4, -0.2) is 11.7 Å². The Morgan fingerprint density at radius 2 is 1.77 bits per heavy atom. The van der Waals surface area contributed by atoms with Crippen LogP contribution in [0.15, 0.2) is 79.1 Å². The van der Waals surface area contributed by atoms with E-state index in [-0.39, 0.29) is 5.75 Å². The zero-order valence-corrected chi connectivity index (χ0v) is 15.3. The van der Waals surface area contributed by atoms with Gasteiger partial charge in [0.1, 0.15) is 11.5 Å². The Morgan fingerprint density at radius 3 is 2.50 bits per heavy atom. The number of aryl methyl sites for hydroxylation is 1. The molecular formula is C24H24O2. The summed E-state index contributed by atoms with van der Waals surface area (Å²) in [5.41, 5.74) is 3.81. The molecule has 0 saturated heterocycles. The van der Waals surface area contributed by atoms with Crippen LogP contribution < -0.4 is 0 Å². The Morgan fingerprint density at radius 1 is 1.04 bits per heavy atom. The van der Waals surface area contributed by atoms with E-state index in [0.717, 1.165) is 39.5 Å². The quantitative estimate of drug-likeness (QED) is 0.424. The van der Waals surface area contributed by atoms with Crippen LogP contribution in [0.5, 0.6) is 5.75 Å². The zero-order chi connectivity index (χ0) is 18.5. The topological polar surface area (TPSA) is 29.5 Å². The van der Waals surface area contributed by atoms with Crippen LogP contribution in [0.1, 0.15) is 30.0 Å². The van der Waals surface area contributed by atoms with Gasteiger partial charge in [0.2, 0.25) is 0 Å². The fraction of sp³-hybridized carbons (Fsp3) is 0.167. The minimum atomic E-state index is 0.237. The van der Waals surface area contributed by atoms with Gasteiger partial charge in [0.25, 0.3) is 0 Å². The van der Waals surface area contributed by atoms with Crippen molar-refractivity contribution in [2.75, 3.05) is 6.61 Å². The lowest BCUT2D eigenvalue weighted by Crippen LogP contribution is -2.01. The summed E-state index contributed by atoms with van der Waals surface area (Å²) in [6.45, 7) is 8.70. The van der Waals surface area contributed by atoms with E-state index in [9.17, 15) is 5.11 Å². The van der Waals surface area contributed by atoms with Gasteiger partial charge in [0.15, 0.2) is 0 Å². The van der Waals surface area contributed by atoms with E-state index in [2.05, 4.69) is 32.6 Å². The molecule has 0 aliphatic rings. The van der Waals surface area contributed by atoms with Crippen molar-refractivity contribution in [2.45, 2.75) is 20.3 Å². The summed E-state index contributed by atoms with van der Waals surface area (Å²) in [5, 5.41) is 12.8. The second kappa shape index (κ2) is 7.92. The van der Waals surface area contributed by atoms with Gasteiger partial charge in [-0.25, -0.2) is 0 Å². The Labute approximate surface area is 155 Å². The lowest BCUT2D eigenvalue weighted by atomic mass is 9.89. The predicted molar refractivity (Wildman–Crippen MR) is 109 cm³/mol. The van der Waals surface area contributed by atoms with Crippen LogP contribution in [0.3, 0.4) is 0 Å². The molecule has 26 heavy (non-hydrogen) atoms. The highest BCUT2D eigenvalue weighted by Gasteiger charge is 2.19. The molecule has 0 spiro atoms. The van der Waals surface area contributed by atoms with E-state index in [1.54, 1.807) is 12.1 Å². The molecule has 0 amide bonds. The molecule has 0 aliphatic carbocycles. The van der Waals surface area contributed by atoms with E-state index in [1.165, 1.54) is 0 Å². The molecule has 3 rings (SSSR count). The van der Waals surface area contributed by atoms with Crippen LogP contribution in [-0.2, 0) is 4.74 Å². The van der Waals surface area contributed by atoms with Gasteiger partial charge in [-0.15, -0.1) is 0 Å². The fourth-order valence-corrected chi connectivity index (χ4v) is 3.21. The molecule has 0 unspecified atom stereocenters. The van der Waals surface area contributed by atoms with Crippen molar-refractivity contribution in [3.05, 3.63) is 95.8 Å². The van der Waals surface area contributed by atoms with E-state index in [0.29, 0.717) is 12.4 Å². The highest BCUT2D eigenvalue weighted by molar-refractivity contribution is 6.01. The molecule has 0 aromatic heterocycles. The van der Waals surface area contributed by atoms with Crippen LogP contribution in [0.25, 0.3) is 16.3 Å². The maximum absolute atomic E-state index is 10.8. The standard InChI is InChI=1S/C24H24O2/c1-4-16-26-22(5-2)24(19-12-8-6-10-17(19)3)23-20-13-9-7-11-18(20)14-15-21(23)25/h5-15,25H,2,4,16H2,1,3H3/b24-22-. The molecular weight excluding hydrogens is 320 g/mol. The van der Waals surface area contributed by atoms with Crippen molar-refractivity contribution in [2.24, 2.45) is 0 Å². The lowest BCUT2D eigenvalue weighted by molar-refractivity contribution is 0.227. The van der Waals surface area contributed by atoms with Gasteiger partial charge in [-0.3, -0.25) is 0 Å². The van der Waals surface area contributed by atoms with Gasteiger partial charge in [0, 0.05) is 11.1 Å². The van der Waals surface area contributed by atoms with Crippen molar-refractivity contribution >= 4 is 16.3 Å². The number of hydrogen-bond acceptors (Lipinski definition) is 2. The van der Waals surface area contributed by atoms with Gasteiger partial charge in [0.05, 0.1) is 6.61 Å². The van der Waals surface area contributed by atoms with Crippen molar-refractivity contribution < 1.29 is 9.84 Å². The fourth-order valence-electron chi connectivity index (χ4n) is 3.21. The highest BCUT2D eigenvalue weighted by Crippen LogP contribution is 2.39. The second-order valence-corrected chi connectivity index (χ2v) is 6.29. The van der Waals surface area contributed by atoms with Crippen molar-refractivity contribution in [3.8, 4) is 5.75 Å². The Bertz CT molecular complexity index is 967. The molecule has 2 heteroatoms. The number of rotatable bonds is 6. The Balaban J connectivity index is 2.39. The summed E-state index contributed by atoms with van der Waals surface area (Å²) in [6, 6.07) is 19.9. The number of aromatic hydroxyl groups is 1. The molecule has 1 N–H and O–H groups in total. The summed E-state index contributed by atoms with van der Waals surface area (Å²) in [7, 11) is 0. The van der Waals surface area contributed by atoms with Crippen LogP contribution in [0, 0.1) is 6.92 Å². The first-order valence-electron chi connectivity index (χ1n) is 8.94. The molecule has 0 bridgehead atoms.